The second kappa shape index (κ2) is 6.46. The van der Waals surface area contributed by atoms with Crippen LogP contribution >= 0.6 is 0 Å². The monoisotopic (exact) mass is 297 g/mol. The van der Waals surface area contributed by atoms with Crippen LogP contribution in [0.5, 0.6) is 5.75 Å². The Morgan fingerprint density at radius 2 is 2.05 bits per heavy atom. The average molecular weight is 297 g/mol. The molecule has 0 radical (unpaired) electrons. The zero-order valence-electron chi connectivity index (χ0n) is 10.6. The topological polar surface area (TPSA) is 123 Å². The minimum absolute atomic E-state index is 0.0494. The van der Waals surface area contributed by atoms with Gasteiger partial charge in [0.15, 0.2) is 0 Å². The predicted octanol–water partition coefficient (Wildman–Crippen LogP) is -0.379. The van der Waals surface area contributed by atoms with Gasteiger partial charge in [0.25, 0.3) is 0 Å². The molecule has 1 aromatic heterocycles. The molecule has 0 unspecified atom stereocenters. The van der Waals surface area contributed by atoms with Crippen LogP contribution in [-0.4, -0.2) is 36.8 Å². The van der Waals surface area contributed by atoms with Crippen molar-refractivity contribution in [2.75, 3.05) is 13.2 Å². The van der Waals surface area contributed by atoms with Crippen molar-refractivity contribution >= 4 is 10.0 Å². The first-order valence-electron chi connectivity index (χ1n) is 5.88. The van der Waals surface area contributed by atoms with Crippen molar-refractivity contribution in [3.63, 3.8) is 0 Å². The molecule has 0 saturated heterocycles. The van der Waals surface area contributed by atoms with Crippen LogP contribution in [0.4, 0.5) is 0 Å². The van der Waals surface area contributed by atoms with E-state index in [4.69, 9.17) is 10.5 Å². The van der Waals surface area contributed by atoms with Gasteiger partial charge in [-0.3, -0.25) is 5.10 Å². The number of aromatic nitrogens is 3. The Labute approximate surface area is 116 Å². The molecular formula is C11H15N5O3S. The quantitative estimate of drug-likeness (QED) is 0.640. The molecule has 1 aromatic carbocycles. The molecule has 0 aliphatic heterocycles. The second-order valence-corrected chi connectivity index (χ2v) is 5.63. The summed E-state index contributed by atoms with van der Waals surface area (Å²) in [7, 11) is -3.59. The van der Waals surface area contributed by atoms with Crippen LogP contribution in [0.2, 0.25) is 0 Å². The number of H-pyrrole nitrogens is 1. The highest BCUT2D eigenvalue weighted by Crippen LogP contribution is 2.15. The van der Waals surface area contributed by atoms with Gasteiger partial charge in [0.1, 0.15) is 24.5 Å². The van der Waals surface area contributed by atoms with Crippen LogP contribution in [0.1, 0.15) is 5.82 Å². The van der Waals surface area contributed by atoms with E-state index in [2.05, 4.69) is 19.9 Å². The molecule has 2 rings (SSSR count). The van der Waals surface area contributed by atoms with Gasteiger partial charge in [-0.05, 0) is 24.3 Å². The van der Waals surface area contributed by atoms with Crippen LogP contribution in [0, 0.1) is 0 Å². The fraction of sp³-hybridized carbons (Fsp3) is 0.273. The van der Waals surface area contributed by atoms with E-state index in [-0.39, 0.29) is 11.4 Å². The lowest BCUT2D eigenvalue weighted by atomic mass is 10.3. The van der Waals surface area contributed by atoms with Crippen LogP contribution in [0.15, 0.2) is 35.5 Å². The summed E-state index contributed by atoms with van der Waals surface area (Å²) in [6, 6.07) is 6.10. The summed E-state index contributed by atoms with van der Waals surface area (Å²) in [4.78, 5) is 3.99. The van der Waals surface area contributed by atoms with Crippen molar-refractivity contribution < 1.29 is 13.2 Å². The zero-order chi connectivity index (χ0) is 14.4. The van der Waals surface area contributed by atoms with Crippen LogP contribution < -0.4 is 15.2 Å². The maximum Gasteiger partial charge on any atom is 0.240 e. The van der Waals surface area contributed by atoms with Gasteiger partial charge >= 0.3 is 0 Å². The summed E-state index contributed by atoms with van der Waals surface area (Å²) in [6.45, 7) is 0.836. The minimum Gasteiger partial charge on any atom is -0.492 e. The Kier molecular flexibility index (Phi) is 4.66. The fourth-order valence-electron chi connectivity index (χ4n) is 1.45. The van der Waals surface area contributed by atoms with Crippen LogP contribution in [0.3, 0.4) is 0 Å². The Balaban J connectivity index is 2.01. The summed E-state index contributed by atoms with van der Waals surface area (Å²) in [5.41, 5.74) is 5.32. The Hall–Kier alpha value is -1.97. The molecule has 1 heterocycles. The van der Waals surface area contributed by atoms with Gasteiger partial charge in [0.05, 0.1) is 11.4 Å². The number of rotatable bonds is 7. The molecule has 20 heavy (non-hydrogen) atoms. The largest absolute Gasteiger partial charge is 0.492 e. The Bertz CT molecular complexity index is 625. The first-order valence-corrected chi connectivity index (χ1v) is 7.37. The van der Waals surface area contributed by atoms with Crippen molar-refractivity contribution in [1.82, 2.24) is 19.9 Å². The highest BCUT2D eigenvalue weighted by atomic mass is 32.2. The number of ether oxygens (including phenoxy) is 1. The van der Waals surface area contributed by atoms with Gasteiger partial charge in [0, 0.05) is 6.54 Å². The Morgan fingerprint density at radius 3 is 2.65 bits per heavy atom. The highest BCUT2D eigenvalue weighted by molar-refractivity contribution is 7.89. The summed E-state index contributed by atoms with van der Waals surface area (Å²) in [5, 5.41) is 6.21. The third kappa shape index (κ3) is 3.76. The standard InChI is InChI=1S/C11H15N5O3S/c12-5-6-19-9-1-3-10(4-2-9)20(17,18)15-7-11-13-8-14-16-11/h1-4,8,15H,5-7,12H2,(H,13,14,16). The lowest BCUT2D eigenvalue weighted by Gasteiger charge is -2.07. The Morgan fingerprint density at radius 1 is 1.30 bits per heavy atom. The van der Waals surface area contributed by atoms with E-state index in [9.17, 15) is 8.42 Å². The van der Waals surface area contributed by atoms with Gasteiger partial charge in [-0.2, -0.15) is 5.10 Å². The summed E-state index contributed by atoms with van der Waals surface area (Å²) in [5.74, 6) is 1.01. The molecule has 8 nitrogen and oxygen atoms in total. The zero-order valence-corrected chi connectivity index (χ0v) is 11.4. The third-order valence-corrected chi connectivity index (χ3v) is 3.83. The molecule has 0 fully saturated rings. The minimum atomic E-state index is -3.59. The van der Waals surface area contributed by atoms with Crippen LogP contribution in [0.25, 0.3) is 0 Å². The average Bonchev–Trinajstić information content (AvgIpc) is 2.97. The maximum absolute atomic E-state index is 12.0. The van der Waals surface area contributed by atoms with E-state index in [1.807, 2.05) is 0 Å². The van der Waals surface area contributed by atoms with E-state index < -0.39 is 10.0 Å². The number of hydrogen-bond donors (Lipinski definition) is 3. The molecule has 0 bridgehead atoms. The molecule has 0 aliphatic rings. The number of benzene rings is 1. The lowest BCUT2D eigenvalue weighted by molar-refractivity contribution is 0.328. The van der Waals surface area contributed by atoms with Crippen molar-refractivity contribution in [3.05, 3.63) is 36.4 Å². The van der Waals surface area contributed by atoms with E-state index in [1.165, 1.54) is 18.5 Å². The molecule has 0 atom stereocenters. The van der Waals surface area contributed by atoms with Gasteiger partial charge in [-0.25, -0.2) is 18.1 Å². The van der Waals surface area contributed by atoms with Gasteiger partial charge in [-0.1, -0.05) is 0 Å². The van der Waals surface area contributed by atoms with Crippen molar-refractivity contribution in [2.45, 2.75) is 11.4 Å². The molecule has 0 aliphatic carbocycles. The van der Waals surface area contributed by atoms with E-state index in [1.54, 1.807) is 12.1 Å². The van der Waals surface area contributed by atoms with Gasteiger partial charge in [0.2, 0.25) is 10.0 Å². The third-order valence-electron chi connectivity index (χ3n) is 2.42. The summed E-state index contributed by atoms with van der Waals surface area (Å²) in [6.07, 6.45) is 1.31. The second-order valence-electron chi connectivity index (χ2n) is 3.87. The lowest BCUT2D eigenvalue weighted by Crippen LogP contribution is -2.23. The fourth-order valence-corrected chi connectivity index (χ4v) is 2.44. The predicted molar refractivity (Wildman–Crippen MR) is 71.4 cm³/mol. The van der Waals surface area contributed by atoms with E-state index >= 15 is 0 Å². The smallest absolute Gasteiger partial charge is 0.240 e. The van der Waals surface area contributed by atoms with E-state index in [0.717, 1.165) is 0 Å². The van der Waals surface area contributed by atoms with Crippen molar-refractivity contribution in [2.24, 2.45) is 5.73 Å². The molecule has 4 N–H and O–H groups in total. The molecule has 108 valence electrons. The summed E-state index contributed by atoms with van der Waals surface area (Å²) < 4.78 is 31.7. The number of aromatic amines is 1. The first kappa shape index (κ1) is 14.4. The van der Waals surface area contributed by atoms with Gasteiger partial charge in [-0.15, -0.1) is 0 Å². The molecule has 0 spiro atoms. The van der Waals surface area contributed by atoms with Crippen molar-refractivity contribution in [1.29, 1.82) is 0 Å². The highest BCUT2D eigenvalue weighted by Gasteiger charge is 2.14. The molecule has 0 saturated carbocycles. The summed E-state index contributed by atoms with van der Waals surface area (Å²) >= 11 is 0. The van der Waals surface area contributed by atoms with Gasteiger partial charge < -0.3 is 10.5 Å². The molecular weight excluding hydrogens is 282 g/mol. The number of nitrogens with one attached hydrogen (secondary N) is 2. The maximum atomic E-state index is 12.0. The van der Waals surface area contributed by atoms with Crippen LogP contribution in [-0.2, 0) is 16.6 Å². The van der Waals surface area contributed by atoms with E-state index in [0.29, 0.717) is 24.7 Å². The molecule has 9 heteroatoms. The number of hydrogen-bond acceptors (Lipinski definition) is 6. The normalized spacial score (nSPS) is 11.4. The first-order chi connectivity index (χ1) is 9.62. The number of nitrogens with two attached hydrogens (primary N) is 1. The molecule has 2 aromatic rings. The number of sulfonamides is 1. The van der Waals surface area contributed by atoms with Crippen molar-refractivity contribution in [3.8, 4) is 5.75 Å². The SMILES string of the molecule is NCCOc1ccc(S(=O)(=O)NCc2ncn[nH]2)cc1. The number of nitrogens with zero attached hydrogens (tertiary/aromatic N) is 2. The molecule has 0 amide bonds.